The predicted octanol–water partition coefficient (Wildman–Crippen LogP) is 2.39. The van der Waals surface area contributed by atoms with Crippen molar-refractivity contribution in [2.45, 2.75) is 26.2 Å². The van der Waals surface area contributed by atoms with Gasteiger partial charge in [0.1, 0.15) is 0 Å². The minimum absolute atomic E-state index is 0.0639. The first-order chi connectivity index (χ1) is 9.07. The molecule has 1 atom stereocenters. The maximum atomic E-state index is 11.9. The van der Waals surface area contributed by atoms with Gasteiger partial charge in [-0.05, 0) is 42.5 Å². The molecule has 1 aromatic carbocycles. The Morgan fingerprint density at radius 2 is 2.37 bits per heavy atom. The normalized spacial score (nSPS) is 23.1. The van der Waals surface area contributed by atoms with Gasteiger partial charge in [-0.1, -0.05) is 30.7 Å². The molecule has 1 heterocycles. The van der Waals surface area contributed by atoms with Crippen LogP contribution in [-0.2, 0) is 11.2 Å². The van der Waals surface area contributed by atoms with Crippen LogP contribution in [0.25, 0.3) is 0 Å². The topological polar surface area (TPSA) is 41.1 Å². The van der Waals surface area contributed by atoms with E-state index < -0.39 is 0 Å². The van der Waals surface area contributed by atoms with Crippen molar-refractivity contribution >= 4 is 17.5 Å². The maximum Gasteiger partial charge on any atom is 0.224 e. The Morgan fingerprint density at radius 3 is 3.05 bits per heavy atom. The fraction of sp³-hybridized carbons (Fsp3) is 0.533. The Kier molecular flexibility index (Phi) is 4.83. The van der Waals surface area contributed by atoms with Crippen molar-refractivity contribution in [3.8, 4) is 0 Å². The Hall–Kier alpha value is -1.06. The third-order valence-electron chi connectivity index (χ3n) is 3.65. The summed E-state index contributed by atoms with van der Waals surface area (Å²) in [5.74, 6) is 0.0639. The van der Waals surface area contributed by atoms with E-state index in [2.05, 4.69) is 17.6 Å². The number of hydrogen-bond acceptors (Lipinski definition) is 2. The van der Waals surface area contributed by atoms with Crippen molar-refractivity contribution in [3.63, 3.8) is 0 Å². The van der Waals surface area contributed by atoms with Gasteiger partial charge in [0.25, 0.3) is 0 Å². The largest absolute Gasteiger partial charge is 0.355 e. The molecule has 104 valence electrons. The number of halogens is 1. The molecule has 0 radical (unpaired) electrons. The van der Waals surface area contributed by atoms with E-state index in [1.54, 1.807) is 0 Å². The predicted molar refractivity (Wildman–Crippen MR) is 78.4 cm³/mol. The second-order valence-corrected chi connectivity index (χ2v) is 6.11. The van der Waals surface area contributed by atoms with Gasteiger partial charge in [-0.15, -0.1) is 0 Å². The lowest BCUT2D eigenvalue weighted by atomic mass is 9.83. The minimum Gasteiger partial charge on any atom is -0.355 e. The number of benzene rings is 1. The van der Waals surface area contributed by atoms with Gasteiger partial charge in [0, 0.05) is 18.1 Å². The zero-order valence-electron chi connectivity index (χ0n) is 11.3. The number of piperidine rings is 1. The third kappa shape index (κ3) is 4.51. The van der Waals surface area contributed by atoms with Crippen molar-refractivity contribution in [1.82, 2.24) is 10.6 Å². The quantitative estimate of drug-likeness (QED) is 0.889. The zero-order chi connectivity index (χ0) is 13.7. The summed E-state index contributed by atoms with van der Waals surface area (Å²) in [6.07, 6.45) is 2.74. The molecular weight excluding hydrogens is 260 g/mol. The molecule has 0 spiro atoms. The molecule has 0 aromatic heterocycles. The molecule has 19 heavy (non-hydrogen) atoms. The minimum atomic E-state index is 0.0639. The van der Waals surface area contributed by atoms with Gasteiger partial charge in [0.05, 0.1) is 6.42 Å². The number of nitrogens with one attached hydrogen (secondary N) is 2. The average Bonchev–Trinajstić information content (AvgIpc) is 2.38. The van der Waals surface area contributed by atoms with Gasteiger partial charge >= 0.3 is 0 Å². The average molecular weight is 281 g/mol. The summed E-state index contributed by atoms with van der Waals surface area (Å²) in [6.45, 7) is 5.02. The van der Waals surface area contributed by atoms with E-state index in [0.29, 0.717) is 11.4 Å². The van der Waals surface area contributed by atoms with Gasteiger partial charge in [-0.3, -0.25) is 4.79 Å². The molecule has 0 saturated carbocycles. The molecule has 1 amide bonds. The fourth-order valence-corrected chi connectivity index (χ4v) is 2.69. The van der Waals surface area contributed by atoms with Crippen LogP contribution < -0.4 is 10.6 Å². The van der Waals surface area contributed by atoms with Crippen LogP contribution in [0.2, 0.25) is 5.02 Å². The molecule has 1 aliphatic rings. The Bertz CT molecular complexity index is 442. The lowest BCUT2D eigenvalue weighted by molar-refractivity contribution is -0.121. The van der Waals surface area contributed by atoms with Gasteiger partial charge in [-0.2, -0.15) is 0 Å². The van der Waals surface area contributed by atoms with Crippen LogP contribution in [0.5, 0.6) is 0 Å². The summed E-state index contributed by atoms with van der Waals surface area (Å²) in [5.41, 5.74) is 1.14. The van der Waals surface area contributed by atoms with Crippen LogP contribution in [0, 0.1) is 5.41 Å². The van der Waals surface area contributed by atoms with E-state index in [1.165, 1.54) is 6.42 Å². The van der Waals surface area contributed by atoms with E-state index >= 15 is 0 Å². The second-order valence-electron chi connectivity index (χ2n) is 5.67. The van der Waals surface area contributed by atoms with Gasteiger partial charge in [0.2, 0.25) is 5.91 Å². The molecule has 0 aliphatic carbocycles. The standard InChI is InChI=1S/C15H21ClN2O/c1-15(6-3-7-17-10-15)11-18-14(19)9-12-4-2-5-13(16)8-12/h2,4-5,8,17H,3,6-7,9-11H2,1H3,(H,18,19). The van der Waals surface area contributed by atoms with E-state index in [1.807, 2.05) is 24.3 Å². The molecule has 2 rings (SSSR count). The Balaban J connectivity index is 1.81. The summed E-state index contributed by atoms with van der Waals surface area (Å²) in [7, 11) is 0. The Labute approximate surface area is 119 Å². The highest BCUT2D eigenvalue weighted by Crippen LogP contribution is 2.24. The molecule has 0 bridgehead atoms. The van der Waals surface area contributed by atoms with Crippen LogP contribution >= 0.6 is 11.6 Å². The van der Waals surface area contributed by atoms with Crippen molar-refractivity contribution in [3.05, 3.63) is 34.9 Å². The SMILES string of the molecule is CC1(CNC(=O)Cc2cccc(Cl)c2)CCCNC1. The molecule has 4 heteroatoms. The molecular formula is C15H21ClN2O. The lowest BCUT2D eigenvalue weighted by Gasteiger charge is -2.34. The summed E-state index contributed by atoms with van der Waals surface area (Å²) < 4.78 is 0. The molecule has 1 fully saturated rings. The molecule has 3 nitrogen and oxygen atoms in total. The Morgan fingerprint density at radius 1 is 1.53 bits per heavy atom. The summed E-state index contributed by atoms with van der Waals surface area (Å²) >= 11 is 5.91. The van der Waals surface area contributed by atoms with Crippen molar-refractivity contribution < 1.29 is 4.79 Å². The molecule has 1 saturated heterocycles. The monoisotopic (exact) mass is 280 g/mol. The highest BCUT2D eigenvalue weighted by molar-refractivity contribution is 6.30. The smallest absolute Gasteiger partial charge is 0.224 e. The molecule has 1 aromatic rings. The van der Waals surface area contributed by atoms with E-state index in [4.69, 9.17) is 11.6 Å². The first-order valence-electron chi connectivity index (χ1n) is 6.79. The highest BCUT2D eigenvalue weighted by atomic mass is 35.5. The van der Waals surface area contributed by atoms with E-state index in [9.17, 15) is 4.79 Å². The van der Waals surface area contributed by atoms with Crippen molar-refractivity contribution in [2.75, 3.05) is 19.6 Å². The number of carbonyl (C=O) groups excluding carboxylic acids is 1. The van der Waals surface area contributed by atoms with Crippen LogP contribution in [0.4, 0.5) is 0 Å². The van der Waals surface area contributed by atoms with Crippen LogP contribution in [0.1, 0.15) is 25.3 Å². The number of amides is 1. The zero-order valence-corrected chi connectivity index (χ0v) is 12.1. The number of carbonyl (C=O) groups is 1. The van der Waals surface area contributed by atoms with Gasteiger partial charge in [-0.25, -0.2) is 0 Å². The first kappa shape index (κ1) is 14.4. The van der Waals surface area contributed by atoms with Crippen molar-refractivity contribution in [1.29, 1.82) is 0 Å². The first-order valence-corrected chi connectivity index (χ1v) is 7.17. The van der Waals surface area contributed by atoms with Gasteiger partial charge < -0.3 is 10.6 Å². The van der Waals surface area contributed by atoms with E-state index in [0.717, 1.165) is 31.6 Å². The summed E-state index contributed by atoms with van der Waals surface area (Å²) in [4.78, 5) is 11.9. The molecule has 2 N–H and O–H groups in total. The summed E-state index contributed by atoms with van der Waals surface area (Å²) in [6, 6.07) is 7.45. The van der Waals surface area contributed by atoms with Gasteiger partial charge in [0.15, 0.2) is 0 Å². The fourth-order valence-electron chi connectivity index (χ4n) is 2.48. The van der Waals surface area contributed by atoms with Crippen LogP contribution in [0.15, 0.2) is 24.3 Å². The van der Waals surface area contributed by atoms with Crippen LogP contribution in [-0.4, -0.2) is 25.5 Å². The number of hydrogen-bond donors (Lipinski definition) is 2. The second kappa shape index (κ2) is 6.40. The molecule has 1 unspecified atom stereocenters. The molecule has 1 aliphatic heterocycles. The highest BCUT2D eigenvalue weighted by Gasteiger charge is 2.26. The third-order valence-corrected chi connectivity index (χ3v) is 3.89. The maximum absolute atomic E-state index is 11.9. The number of rotatable bonds is 4. The van der Waals surface area contributed by atoms with Crippen molar-refractivity contribution in [2.24, 2.45) is 5.41 Å². The lowest BCUT2D eigenvalue weighted by Crippen LogP contribution is -2.45. The summed E-state index contributed by atoms with van der Waals surface area (Å²) in [5, 5.41) is 7.10. The van der Waals surface area contributed by atoms with Crippen LogP contribution in [0.3, 0.4) is 0 Å². The van der Waals surface area contributed by atoms with E-state index in [-0.39, 0.29) is 11.3 Å².